The average Bonchev–Trinajstić information content (AvgIpc) is 3.22. The van der Waals surface area contributed by atoms with Crippen molar-refractivity contribution >= 4 is 41.2 Å². The summed E-state index contributed by atoms with van der Waals surface area (Å²) < 4.78 is 1.81. The molecule has 0 bridgehead atoms. The zero-order valence-corrected chi connectivity index (χ0v) is 17.4. The third-order valence-corrected chi connectivity index (χ3v) is 5.55. The molecule has 27 heavy (non-hydrogen) atoms. The van der Waals surface area contributed by atoms with Crippen LogP contribution in [0.2, 0.25) is 5.02 Å². The molecule has 1 fully saturated rings. The number of nitrogens with zero attached hydrogens (tertiary/aromatic N) is 6. The highest BCUT2D eigenvalue weighted by Crippen LogP contribution is 2.30. The number of hydrogen-bond donors (Lipinski definition) is 1. The molecule has 2 aromatic heterocycles. The van der Waals surface area contributed by atoms with Gasteiger partial charge >= 0.3 is 0 Å². The molecule has 0 radical (unpaired) electrons. The fraction of sp³-hybridized carbons (Fsp3) is 0.474. The van der Waals surface area contributed by atoms with Gasteiger partial charge in [-0.25, -0.2) is 14.6 Å². The van der Waals surface area contributed by atoms with Crippen LogP contribution in [-0.2, 0) is 12.0 Å². The highest BCUT2D eigenvalue weighted by molar-refractivity contribution is 7.81. The molecule has 3 aromatic rings. The standard InChI is InChI=1S/C19H23ClN6S/c1-19(2,3)18-21-16(25-9-8-13(27)11-25)15-17(22-18)26(24-23-15)10-12-6-4-5-7-14(12)20/h4-7,13,27H,8-11H2,1-3H3/t13-/m0/s1. The van der Waals surface area contributed by atoms with Crippen LogP contribution in [0.1, 0.15) is 38.6 Å². The summed E-state index contributed by atoms with van der Waals surface area (Å²) >= 11 is 11.0. The fourth-order valence-corrected chi connectivity index (χ4v) is 3.73. The van der Waals surface area contributed by atoms with E-state index in [1.54, 1.807) is 0 Å². The summed E-state index contributed by atoms with van der Waals surface area (Å²) in [6.07, 6.45) is 1.03. The highest BCUT2D eigenvalue weighted by Gasteiger charge is 2.28. The average molecular weight is 403 g/mol. The first kappa shape index (κ1) is 18.5. The summed E-state index contributed by atoms with van der Waals surface area (Å²) in [5.74, 6) is 1.64. The molecule has 1 aliphatic heterocycles. The lowest BCUT2D eigenvalue weighted by Gasteiger charge is -2.22. The molecule has 1 atom stereocenters. The van der Waals surface area contributed by atoms with Crippen LogP contribution in [0.25, 0.3) is 11.2 Å². The summed E-state index contributed by atoms with van der Waals surface area (Å²) in [5, 5.41) is 9.85. The van der Waals surface area contributed by atoms with E-state index in [2.05, 4.69) is 48.6 Å². The number of hydrogen-bond acceptors (Lipinski definition) is 6. The maximum absolute atomic E-state index is 6.34. The van der Waals surface area contributed by atoms with Crippen LogP contribution in [0.5, 0.6) is 0 Å². The Morgan fingerprint density at radius 2 is 2.00 bits per heavy atom. The van der Waals surface area contributed by atoms with Crippen molar-refractivity contribution < 1.29 is 0 Å². The predicted octanol–water partition coefficient (Wildman–Crippen LogP) is 3.73. The lowest BCUT2D eigenvalue weighted by Crippen LogP contribution is -2.25. The van der Waals surface area contributed by atoms with Crippen molar-refractivity contribution in [3.63, 3.8) is 0 Å². The van der Waals surface area contributed by atoms with E-state index in [9.17, 15) is 0 Å². The van der Waals surface area contributed by atoms with Gasteiger partial charge in [-0.2, -0.15) is 12.6 Å². The molecule has 0 unspecified atom stereocenters. The Kier molecular flexibility index (Phi) is 4.76. The Morgan fingerprint density at radius 1 is 1.22 bits per heavy atom. The third kappa shape index (κ3) is 3.62. The summed E-state index contributed by atoms with van der Waals surface area (Å²) in [6, 6.07) is 7.77. The van der Waals surface area contributed by atoms with Gasteiger partial charge in [0.2, 0.25) is 0 Å². The Morgan fingerprint density at radius 3 is 2.67 bits per heavy atom. The molecule has 3 heterocycles. The molecular weight excluding hydrogens is 380 g/mol. The van der Waals surface area contributed by atoms with Crippen LogP contribution >= 0.6 is 24.2 Å². The van der Waals surface area contributed by atoms with Gasteiger partial charge in [0.05, 0.1) is 6.54 Å². The van der Waals surface area contributed by atoms with Gasteiger partial charge in [-0.3, -0.25) is 0 Å². The van der Waals surface area contributed by atoms with Crippen LogP contribution < -0.4 is 4.90 Å². The van der Waals surface area contributed by atoms with Gasteiger partial charge in [-0.05, 0) is 18.1 Å². The second-order valence-electron chi connectivity index (χ2n) is 8.02. The topological polar surface area (TPSA) is 59.7 Å². The first-order valence-corrected chi connectivity index (χ1v) is 10.0. The van der Waals surface area contributed by atoms with Crippen molar-refractivity contribution in [1.29, 1.82) is 0 Å². The molecule has 8 heteroatoms. The Balaban J connectivity index is 1.84. The van der Waals surface area contributed by atoms with Crippen molar-refractivity contribution in [3.05, 3.63) is 40.7 Å². The summed E-state index contributed by atoms with van der Waals surface area (Å²) in [5.41, 5.74) is 2.28. The normalized spacial score (nSPS) is 17.8. The van der Waals surface area contributed by atoms with Gasteiger partial charge < -0.3 is 4.90 Å². The number of rotatable bonds is 3. The van der Waals surface area contributed by atoms with Crippen molar-refractivity contribution in [1.82, 2.24) is 25.0 Å². The molecule has 0 N–H and O–H groups in total. The van der Waals surface area contributed by atoms with Crippen molar-refractivity contribution in [2.45, 2.75) is 44.4 Å². The molecule has 6 nitrogen and oxygen atoms in total. The monoisotopic (exact) mass is 402 g/mol. The molecule has 0 saturated carbocycles. The van der Waals surface area contributed by atoms with Gasteiger partial charge in [-0.15, -0.1) is 5.10 Å². The van der Waals surface area contributed by atoms with Gasteiger partial charge in [0.25, 0.3) is 0 Å². The van der Waals surface area contributed by atoms with E-state index in [0.717, 1.165) is 47.9 Å². The first-order valence-electron chi connectivity index (χ1n) is 9.11. The summed E-state index contributed by atoms with van der Waals surface area (Å²) in [6.45, 7) is 8.64. The van der Waals surface area contributed by atoms with Crippen molar-refractivity contribution in [2.75, 3.05) is 18.0 Å². The summed E-state index contributed by atoms with van der Waals surface area (Å²) in [4.78, 5) is 11.9. The number of aromatic nitrogens is 5. The van der Waals surface area contributed by atoms with Crippen molar-refractivity contribution in [2.24, 2.45) is 0 Å². The van der Waals surface area contributed by atoms with Gasteiger partial charge in [0, 0.05) is 28.8 Å². The number of anilines is 1. The van der Waals surface area contributed by atoms with E-state index >= 15 is 0 Å². The second kappa shape index (κ2) is 6.95. The quantitative estimate of drug-likeness (QED) is 0.676. The number of halogens is 1. The minimum atomic E-state index is -0.178. The molecule has 0 spiro atoms. The first-order chi connectivity index (χ1) is 12.8. The Hall–Kier alpha value is -1.86. The third-order valence-electron chi connectivity index (χ3n) is 4.76. The molecule has 0 amide bonds. The molecular formula is C19H23ClN6S. The molecule has 1 aromatic carbocycles. The summed E-state index contributed by atoms with van der Waals surface area (Å²) in [7, 11) is 0. The smallest absolute Gasteiger partial charge is 0.184 e. The van der Waals surface area contributed by atoms with E-state index in [1.165, 1.54) is 0 Å². The minimum Gasteiger partial charge on any atom is -0.353 e. The number of fused-ring (bicyclic) bond motifs is 1. The molecule has 1 saturated heterocycles. The predicted molar refractivity (Wildman–Crippen MR) is 112 cm³/mol. The van der Waals surface area contributed by atoms with Crippen LogP contribution in [0.3, 0.4) is 0 Å². The SMILES string of the molecule is CC(C)(C)c1nc(N2CC[C@H](S)C2)c2nnn(Cc3ccccc3Cl)c2n1. The Labute approximate surface area is 169 Å². The minimum absolute atomic E-state index is 0.178. The fourth-order valence-electron chi connectivity index (χ4n) is 3.23. The van der Waals surface area contributed by atoms with Gasteiger partial charge in [0.1, 0.15) is 5.82 Å². The van der Waals surface area contributed by atoms with E-state index in [0.29, 0.717) is 16.8 Å². The number of benzene rings is 1. The largest absolute Gasteiger partial charge is 0.353 e. The van der Waals surface area contributed by atoms with Crippen molar-refractivity contribution in [3.8, 4) is 0 Å². The molecule has 142 valence electrons. The Bertz CT molecular complexity index is 980. The van der Waals surface area contributed by atoms with E-state index in [1.807, 2.05) is 28.9 Å². The van der Waals surface area contributed by atoms with Crippen LogP contribution in [0, 0.1) is 0 Å². The highest BCUT2D eigenvalue weighted by atomic mass is 35.5. The van der Waals surface area contributed by atoms with Crippen LogP contribution in [0.4, 0.5) is 5.82 Å². The lowest BCUT2D eigenvalue weighted by atomic mass is 9.96. The molecule has 4 rings (SSSR count). The zero-order valence-electron chi connectivity index (χ0n) is 15.7. The maximum atomic E-state index is 6.34. The maximum Gasteiger partial charge on any atom is 0.184 e. The second-order valence-corrected chi connectivity index (χ2v) is 9.16. The van der Waals surface area contributed by atoms with E-state index in [-0.39, 0.29) is 5.41 Å². The van der Waals surface area contributed by atoms with Gasteiger partial charge in [-0.1, -0.05) is 55.8 Å². The number of thiol groups is 1. The van der Waals surface area contributed by atoms with E-state index < -0.39 is 0 Å². The van der Waals surface area contributed by atoms with E-state index in [4.69, 9.17) is 21.6 Å². The van der Waals surface area contributed by atoms with Crippen LogP contribution in [-0.4, -0.2) is 43.3 Å². The van der Waals surface area contributed by atoms with Crippen LogP contribution in [0.15, 0.2) is 24.3 Å². The lowest BCUT2D eigenvalue weighted by molar-refractivity contribution is 0.545. The van der Waals surface area contributed by atoms with Gasteiger partial charge in [0.15, 0.2) is 17.0 Å². The zero-order chi connectivity index (χ0) is 19.2. The molecule has 1 aliphatic rings. The molecule has 0 aliphatic carbocycles.